The van der Waals surface area contributed by atoms with Crippen LogP contribution in [-0.4, -0.2) is 34.1 Å². The highest BCUT2D eigenvalue weighted by Crippen LogP contribution is 2.22. The van der Waals surface area contributed by atoms with Crippen LogP contribution in [0.1, 0.15) is 36.9 Å². The number of aromatic nitrogens is 2. The van der Waals surface area contributed by atoms with E-state index in [0.29, 0.717) is 18.9 Å². The molecule has 2 N–H and O–H groups in total. The molecule has 0 spiro atoms. The smallest absolute Gasteiger partial charge is 0.308 e. The monoisotopic (exact) mass is 277 g/mol. The van der Waals surface area contributed by atoms with Gasteiger partial charge in [0.05, 0.1) is 11.6 Å². The van der Waals surface area contributed by atoms with E-state index in [4.69, 9.17) is 5.11 Å². The second kappa shape index (κ2) is 5.26. The lowest BCUT2D eigenvalue weighted by atomic mass is 9.97. The van der Waals surface area contributed by atoms with Crippen molar-refractivity contribution in [2.45, 2.75) is 38.5 Å². The Morgan fingerprint density at radius 3 is 2.90 bits per heavy atom. The lowest BCUT2D eigenvalue weighted by Gasteiger charge is -2.31. The van der Waals surface area contributed by atoms with Crippen molar-refractivity contribution in [2.24, 2.45) is 5.92 Å². The van der Waals surface area contributed by atoms with Gasteiger partial charge in [-0.3, -0.25) is 14.6 Å². The maximum Gasteiger partial charge on any atom is 0.308 e. The summed E-state index contributed by atoms with van der Waals surface area (Å²) in [6.45, 7) is 1.18. The standard InChI is InChI=1S/C14H19N3O3/c18-12-10-5-1-2-6-11(10)15-14(16-12)17-7-3-4-9(8-17)13(19)20/h9H,1-8H2,(H,19,20)(H,15,16,18)/t9-/m0/s1. The zero-order valence-electron chi connectivity index (χ0n) is 11.4. The summed E-state index contributed by atoms with van der Waals surface area (Å²) in [5.74, 6) is -0.596. The van der Waals surface area contributed by atoms with E-state index in [1.165, 1.54) is 0 Å². The number of carboxylic acids is 1. The highest BCUT2D eigenvalue weighted by Gasteiger charge is 2.27. The van der Waals surface area contributed by atoms with Crippen molar-refractivity contribution in [3.63, 3.8) is 0 Å². The number of rotatable bonds is 2. The first-order valence-electron chi connectivity index (χ1n) is 7.25. The minimum atomic E-state index is -0.769. The molecule has 3 rings (SSSR count). The number of hydrogen-bond donors (Lipinski definition) is 2. The molecule has 0 bridgehead atoms. The molecular formula is C14H19N3O3. The lowest BCUT2D eigenvalue weighted by Crippen LogP contribution is -2.40. The number of aryl methyl sites for hydroxylation is 1. The third kappa shape index (κ3) is 2.42. The molecule has 1 saturated heterocycles. The minimum Gasteiger partial charge on any atom is -0.481 e. The van der Waals surface area contributed by atoms with Gasteiger partial charge in [0.25, 0.3) is 5.56 Å². The molecule has 0 amide bonds. The van der Waals surface area contributed by atoms with E-state index in [9.17, 15) is 9.59 Å². The fourth-order valence-electron chi connectivity index (χ4n) is 3.11. The number of fused-ring (bicyclic) bond motifs is 1. The lowest BCUT2D eigenvalue weighted by molar-refractivity contribution is -0.141. The molecular weight excluding hydrogens is 258 g/mol. The average Bonchev–Trinajstić information content (AvgIpc) is 2.47. The van der Waals surface area contributed by atoms with E-state index in [0.717, 1.165) is 49.9 Å². The van der Waals surface area contributed by atoms with Crippen LogP contribution in [0.2, 0.25) is 0 Å². The number of carboxylic acid groups (broad SMARTS) is 1. The van der Waals surface area contributed by atoms with Gasteiger partial charge in [-0.2, -0.15) is 0 Å². The summed E-state index contributed by atoms with van der Waals surface area (Å²) in [5.41, 5.74) is 1.65. The number of H-pyrrole nitrogens is 1. The van der Waals surface area contributed by atoms with Crippen LogP contribution >= 0.6 is 0 Å². The Bertz CT molecular complexity index is 582. The first-order chi connectivity index (χ1) is 9.65. The third-order valence-electron chi connectivity index (χ3n) is 4.25. The van der Waals surface area contributed by atoms with Crippen LogP contribution in [0.4, 0.5) is 5.95 Å². The van der Waals surface area contributed by atoms with Crippen molar-refractivity contribution in [3.05, 3.63) is 21.6 Å². The van der Waals surface area contributed by atoms with E-state index < -0.39 is 5.97 Å². The molecule has 0 aromatic carbocycles. The zero-order chi connectivity index (χ0) is 14.1. The molecule has 0 radical (unpaired) electrons. The Kier molecular flexibility index (Phi) is 3.46. The molecule has 1 aromatic heterocycles. The first kappa shape index (κ1) is 13.1. The number of nitrogens with one attached hydrogen (secondary N) is 1. The number of nitrogens with zero attached hydrogens (tertiary/aromatic N) is 2. The van der Waals surface area contributed by atoms with E-state index >= 15 is 0 Å². The van der Waals surface area contributed by atoms with Crippen LogP contribution < -0.4 is 10.5 Å². The molecule has 6 nitrogen and oxygen atoms in total. The average molecular weight is 277 g/mol. The fraction of sp³-hybridized carbons (Fsp3) is 0.643. The zero-order valence-corrected chi connectivity index (χ0v) is 11.4. The van der Waals surface area contributed by atoms with Crippen molar-refractivity contribution in [1.82, 2.24) is 9.97 Å². The maximum absolute atomic E-state index is 12.1. The van der Waals surface area contributed by atoms with Crippen LogP contribution in [0.15, 0.2) is 4.79 Å². The Morgan fingerprint density at radius 2 is 2.10 bits per heavy atom. The molecule has 1 atom stereocenters. The summed E-state index contributed by atoms with van der Waals surface area (Å²) in [6.07, 6.45) is 5.28. The number of piperidine rings is 1. The molecule has 1 fully saturated rings. The van der Waals surface area contributed by atoms with Crippen molar-refractivity contribution >= 4 is 11.9 Å². The van der Waals surface area contributed by atoms with Crippen molar-refractivity contribution in [3.8, 4) is 0 Å². The molecule has 108 valence electrons. The predicted octanol–water partition coefficient (Wildman–Crippen LogP) is 0.950. The molecule has 1 aliphatic heterocycles. The highest BCUT2D eigenvalue weighted by atomic mass is 16.4. The van der Waals surface area contributed by atoms with E-state index in [1.807, 2.05) is 4.90 Å². The normalized spacial score (nSPS) is 22.4. The van der Waals surface area contributed by atoms with Gasteiger partial charge in [0.1, 0.15) is 0 Å². The van der Waals surface area contributed by atoms with Gasteiger partial charge >= 0.3 is 5.97 Å². The highest BCUT2D eigenvalue weighted by molar-refractivity contribution is 5.71. The molecule has 0 saturated carbocycles. The largest absolute Gasteiger partial charge is 0.481 e. The molecule has 1 aliphatic carbocycles. The van der Waals surface area contributed by atoms with Gasteiger partial charge in [-0.1, -0.05) is 0 Å². The summed E-state index contributed by atoms with van der Waals surface area (Å²) < 4.78 is 0. The number of aromatic amines is 1. The minimum absolute atomic E-state index is 0.0536. The molecule has 20 heavy (non-hydrogen) atoms. The summed E-state index contributed by atoms with van der Waals surface area (Å²) >= 11 is 0. The van der Waals surface area contributed by atoms with E-state index in [1.54, 1.807) is 0 Å². The van der Waals surface area contributed by atoms with Gasteiger partial charge < -0.3 is 10.0 Å². The van der Waals surface area contributed by atoms with Crippen LogP contribution in [0, 0.1) is 5.92 Å². The second-order valence-electron chi connectivity index (χ2n) is 5.65. The number of carbonyl (C=O) groups is 1. The van der Waals surface area contributed by atoms with Gasteiger partial charge in [-0.15, -0.1) is 0 Å². The van der Waals surface area contributed by atoms with Gasteiger partial charge in [0.15, 0.2) is 0 Å². The van der Waals surface area contributed by atoms with Crippen LogP contribution in [0.25, 0.3) is 0 Å². The molecule has 1 aromatic rings. The van der Waals surface area contributed by atoms with Crippen molar-refractivity contribution < 1.29 is 9.90 Å². The van der Waals surface area contributed by atoms with Crippen LogP contribution in [0.3, 0.4) is 0 Å². The molecule has 0 unspecified atom stereocenters. The second-order valence-corrected chi connectivity index (χ2v) is 5.65. The SMILES string of the molecule is O=C(O)[C@H]1CCCN(c2nc3c(c(=O)[nH]2)CCCC3)C1. The maximum atomic E-state index is 12.1. The topological polar surface area (TPSA) is 86.3 Å². The Labute approximate surface area is 116 Å². The predicted molar refractivity (Wildman–Crippen MR) is 74.1 cm³/mol. The van der Waals surface area contributed by atoms with E-state index in [2.05, 4.69) is 9.97 Å². The molecule has 6 heteroatoms. The summed E-state index contributed by atoms with van der Waals surface area (Å²) in [6, 6.07) is 0. The quantitative estimate of drug-likeness (QED) is 0.840. The fourth-order valence-corrected chi connectivity index (χ4v) is 3.11. The van der Waals surface area contributed by atoms with Crippen molar-refractivity contribution in [2.75, 3.05) is 18.0 Å². The number of anilines is 1. The van der Waals surface area contributed by atoms with Gasteiger partial charge in [0, 0.05) is 18.7 Å². The van der Waals surface area contributed by atoms with Gasteiger partial charge in [-0.05, 0) is 38.5 Å². The Balaban J connectivity index is 1.88. The Hall–Kier alpha value is -1.85. The third-order valence-corrected chi connectivity index (χ3v) is 4.25. The van der Waals surface area contributed by atoms with Gasteiger partial charge in [0.2, 0.25) is 5.95 Å². The molecule has 2 heterocycles. The summed E-state index contributed by atoms with van der Waals surface area (Å²) in [4.78, 5) is 32.5. The summed E-state index contributed by atoms with van der Waals surface area (Å²) in [5, 5.41) is 9.13. The number of aliphatic carboxylic acids is 1. The van der Waals surface area contributed by atoms with E-state index in [-0.39, 0.29) is 11.5 Å². The molecule has 2 aliphatic rings. The van der Waals surface area contributed by atoms with Gasteiger partial charge in [-0.25, -0.2) is 4.98 Å². The van der Waals surface area contributed by atoms with Crippen LogP contribution in [0.5, 0.6) is 0 Å². The Morgan fingerprint density at radius 1 is 1.30 bits per heavy atom. The van der Waals surface area contributed by atoms with Crippen LogP contribution in [-0.2, 0) is 17.6 Å². The first-order valence-corrected chi connectivity index (χ1v) is 7.25. The number of hydrogen-bond acceptors (Lipinski definition) is 4. The summed E-state index contributed by atoms with van der Waals surface area (Å²) in [7, 11) is 0. The van der Waals surface area contributed by atoms with Crippen molar-refractivity contribution in [1.29, 1.82) is 0 Å².